The molecule has 1 saturated heterocycles. The molecule has 5 nitrogen and oxygen atoms in total. The minimum absolute atomic E-state index is 0.0456. The minimum atomic E-state index is -1.16. The third kappa shape index (κ3) is 4.35. The van der Waals surface area contributed by atoms with Crippen molar-refractivity contribution in [3.05, 3.63) is 70.8 Å². The number of aliphatic carboxylic acids is 1. The molecule has 2 N–H and O–H groups in total. The fourth-order valence-corrected chi connectivity index (χ4v) is 4.23. The van der Waals surface area contributed by atoms with E-state index in [-0.39, 0.29) is 18.9 Å². The quantitative estimate of drug-likeness (QED) is 0.782. The molecule has 1 amide bonds. The molecule has 29 heavy (non-hydrogen) atoms. The Morgan fingerprint density at radius 1 is 1.14 bits per heavy atom. The summed E-state index contributed by atoms with van der Waals surface area (Å²) in [6, 6.07) is 15.8. The molecule has 2 aromatic carbocycles. The molecule has 1 heterocycles. The lowest BCUT2D eigenvalue weighted by Gasteiger charge is -2.42. The smallest absolute Gasteiger partial charge is 0.312 e. The Balaban J connectivity index is 1.79. The van der Waals surface area contributed by atoms with Gasteiger partial charge in [-0.25, -0.2) is 0 Å². The zero-order chi connectivity index (χ0) is 21.0. The number of aliphatic hydroxyl groups is 1. The molecule has 0 saturated carbocycles. The van der Waals surface area contributed by atoms with E-state index < -0.39 is 17.5 Å². The summed E-state index contributed by atoms with van der Waals surface area (Å²) in [5.74, 6) is -1.12. The standard InChI is InChI=1S/C24H29NO4/c1-3-12-24(23(28)29)13-14-25(16-21(24)26)22(27)20-7-5-4-6-19(20)15-18-10-8-17(2)9-11-18/h4-11,21,26H,3,12-16H2,1-2H3,(H,28,29)/t21-,24+/m1/s1. The van der Waals surface area contributed by atoms with Crippen LogP contribution in [-0.4, -0.2) is 46.2 Å². The molecular weight excluding hydrogens is 366 g/mol. The van der Waals surface area contributed by atoms with Crippen LogP contribution in [0.1, 0.15) is 53.2 Å². The van der Waals surface area contributed by atoms with Gasteiger partial charge in [0, 0.05) is 18.7 Å². The number of carbonyl (C=O) groups is 2. The van der Waals surface area contributed by atoms with Crippen LogP contribution in [0.15, 0.2) is 48.5 Å². The number of β-amino-alcohol motifs (C(OH)–C–C–N with tert-alkyl or cyclic N) is 1. The maximum atomic E-state index is 13.2. The summed E-state index contributed by atoms with van der Waals surface area (Å²) in [5.41, 5.74) is 2.70. The van der Waals surface area contributed by atoms with Crippen molar-refractivity contribution in [1.82, 2.24) is 4.90 Å². The van der Waals surface area contributed by atoms with Crippen molar-refractivity contribution in [2.45, 2.75) is 45.6 Å². The molecule has 0 bridgehead atoms. The van der Waals surface area contributed by atoms with Gasteiger partial charge >= 0.3 is 5.97 Å². The third-order valence-electron chi connectivity index (χ3n) is 6.03. The van der Waals surface area contributed by atoms with Crippen LogP contribution in [0.5, 0.6) is 0 Å². The number of hydrogen-bond acceptors (Lipinski definition) is 3. The SMILES string of the molecule is CCC[C@]1(C(=O)O)CCN(C(=O)c2ccccc2Cc2ccc(C)cc2)C[C@H]1O. The molecule has 0 unspecified atom stereocenters. The van der Waals surface area contributed by atoms with Gasteiger partial charge in [0.2, 0.25) is 0 Å². The lowest BCUT2D eigenvalue weighted by molar-refractivity contribution is -0.162. The van der Waals surface area contributed by atoms with Crippen LogP contribution in [0.25, 0.3) is 0 Å². The lowest BCUT2D eigenvalue weighted by atomic mass is 9.72. The summed E-state index contributed by atoms with van der Waals surface area (Å²) in [6.07, 6.45) is 0.935. The van der Waals surface area contributed by atoms with Crippen LogP contribution >= 0.6 is 0 Å². The number of hydrogen-bond donors (Lipinski definition) is 2. The van der Waals surface area contributed by atoms with E-state index in [1.165, 1.54) is 5.56 Å². The zero-order valence-electron chi connectivity index (χ0n) is 17.1. The predicted octanol–water partition coefficient (Wildman–Crippen LogP) is 3.66. The number of carboxylic acids is 1. The Hall–Kier alpha value is -2.66. The van der Waals surface area contributed by atoms with Crippen molar-refractivity contribution < 1.29 is 19.8 Å². The first kappa shape index (κ1) is 21.1. The molecule has 1 aliphatic rings. The number of carbonyl (C=O) groups excluding carboxylic acids is 1. The molecule has 1 aliphatic heterocycles. The summed E-state index contributed by atoms with van der Waals surface area (Å²) in [5, 5.41) is 20.3. The Morgan fingerprint density at radius 3 is 2.45 bits per heavy atom. The Morgan fingerprint density at radius 2 is 1.83 bits per heavy atom. The largest absolute Gasteiger partial charge is 0.481 e. The highest BCUT2D eigenvalue weighted by Gasteiger charge is 2.48. The van der Waals surface area contributed by atoms with Gasteiger partial charge in [-0.3, -0.25) is 9.59 Å². The molecule has 3 rings (SSSR count). The molecule has 0 spiro atoms. The number of aliphatic hydroxyl groups excluding tert-OH is 1. The van der Waals surface area contributed by atoms with Gasteiger partial charge in [0.05, 0.1) is 11.5 Å². The van der Waals surface area contributed by atoms with Crippen molar-refractivity contribution in [3.8, 4) is 0 Å². The van der Waals surface area contributed by atoms with Crippen molar-refractivity contribution in [2.75, 3.05) is 13.1 Å². The lowest BCUT2D eigenvalue weighted by Crippen LogP contribution is -2.56. The summed E-state index contributed by atoms with van der Waals surface area (Å²) < 4.78 is 0. The normalized spacial score (nSPS) is 21.8. The number of rotatable bonds is 6. The van der Waals surface area contributed by atoms with Gasteiger partial charge in [-0.05, 0) is 43.4 Å². The average molecular weight is 395 g/mol. The van der Waals surface area contributed by atoms with Crippen LogP contribution in [0.4, 0.5) is 0 Å². The molecule has 5 heteroatoms. The number of nitrogens with zero attached hydrogens (tertiary/aromatic N) is 1. The maximum absolute atomic E-state index is 13.2. The zero-order valence-corrected chi connectivity index (χ0v) is 17.1. The first-order valence-corrected chi connectivity index (χ1v) is 10.2. The second-order valence-corrected chi connectivity index (χ2v) is 8.05. The van der Waals surface area contributed by atoms with Crippen LogP contribution in [0, 0.1) is 12.3 Å². The molecule has 1 fully saturated rings. The average Bonchev–Trinajstić information content (AvgIpc) is 2.71. The second kappa shape index (κ2) is 8.78. The van der Waals surface area contributed by atoms with E-state index >= 15 is 0 Å². The number of likely N-dealkylation sites (tertiary alicyclic amines) is 1. The Labute approximate surface area is 172 Å². The van der Waals surface area contributed by atoms with E-state index in [0.29, 0.717) is 31.4 Å². The van der Waals surface area contributed by atoms with Crippen LogP contribution in [0.3, 0.4) is 0 Å². The summed E-state index contributed by atoms with van der Waals surface area (Å²) in [6.45, 7) is 4.33. The first-order valence-electron chi connectivity index (χ1n) is 10.2. The van der Waals surface area contributed by atoms with Gasteiger partial charge in [0.25, 0.3) is 5.91 Å². The van der Waals surface area contributed by atoms with E-state index in [9.17, 15) is 19.8 Å². The molecule has 0 aromatic heterocycles. The van der Waals surface area contributed by atoms with E-state index in [2.05, 4.69) is 24.3 Å². The highest BCUT2D eigenvalue weighted by Crippen LogP contribution is 2.37. The van der Waals surface area contributed by atoms with Crippen molar-refractivity contribution >= 4 is 11.9 Å². The highest BCUT2D eigenvalue weighted by atomic mass is 16.4. The van der Waals surface area contributed by atoms with E-state index in [1.54, 1.807) is 4.90 Å². The molecule has 0 radical (unpaired) electrons. The predicted molar refractivity (Wildman–Crippen MR) is 112 cm³/mol. The number of aryl methyl sites for hydroxylation is 1. The van der Waals surface area contributed by atoms with Gasteiger partial charge < -0.3 is 15.1 Å². The van der Waals surface area contributed by atoms with E-state index in [1.807, 2.05) is 38.1 Å². The number of carboxylic acid groups (broad SMARTS) is 1. The van der Waals surface area contributed by atoms with Gasteiger partial charge in [0.15, 0.2) is 0 Å². The fourth-order valence-electron chi connectivity index (χ4n) is 4.23. The molecular formula is C24H29NO4. The van der Waals surface area contributed by atoms with Gasteiger partial charge in [-0.15, -0.1) is 0 Å². The Bertz CT molecular complexity index is 877. The minimum Gasteiger partial charge on any atom is -0.481 e. The van der Waals surface area contributed by atoms with Crippen LogP contribution in [0.2, 0.25) is 0 Å². The number of amides is 1. The molecule has 2 atom stereocenters. The number of piperidine rings is 1. The topological polar surface area (TPSA) is 77.8 Å². The monoisotopic (exact) mass is 395 g/mol. The van der Waals surface area contributed by atoms with E-state index in [0.717, 1.165) is 11.1 Å². The number of benzene rings is 2. The molecule has 2 aromatic rings. The summed E-state index contributed by atoms with van der Waals surface area (Å²) in [4.78, 5) is 26.7. The highest BCUT2D eigenvalue weighted by molar-refractivity contribution is 5.96. The van der Waals surface area contributed by atoms with Gasteiger partial charge in [-0.1, -0.05) is 61.4 Å². The van der Waals surface area contributed by atoms with Gasteiger partial charge in [0.1, 0.15) is 0 Å². The van der Waals surface area contributed by atoms with Crippen molar-refractivity contribution in [2.24, 2.45) is 5.41 Å². The van der Waals surface area contributed by atoms with Crippen LogP contribution in [-0.2, 0) is 11.2 Å². The fraction of sp³-hybridized carbons (Fsp3) is 0.417. The van der Waals surface area contributed by atoms with Crippen LogP contribution < -0.4 is 0 Å². The van der Waals surface area contributed by atoms with E-state index in [4.69, 9.17) is 0 Å². The van der Waals surface area contributed by atoms with Crippen molar-refractivity contribution in [3.63, 3.8) is 0 Å². The summed E-state index contributed by atoms with van der Waals surface area (Å²) in [7, 11) is 0. The van der Waals surface area contributed by atoms with Gasteiger partial charge in [-0.2, -0.15) is 0 Å². The maximum Gasteiger partial charge on any atom is 0.312 e. The van der Waals surface area contributed by atoms with Crippen molar-refractivity contribution in [1.29, 1.82) is 0 Å². The molecule has 154 valence electrons. The summed E-state index contributed by atoms with van der Waals surface area (Å²) >= 11 is 0. The molecule has 0 aliphatic carbocycles. The first-order chi connectivity index (χ1) is 13.9. The Kier molecular flexibility index (Phi) is 6.38. The second-order valence-electron chi connectivity index (χ2n) is 8.05. The third-order valence-corrected chi connectivity index (χ3v) is 6.03.